The molecule has 6 heteroatoms. The van der Waals surface area contributed by atoms with Crippen LogP contribution in [0.3, 0.4) is 0 Å². The third-order valence-electron chi connectivity index (χ3n) is 4.47. The van der Waals surface area contributed by atoms with Crippen molar-refractivity contribution in [1.29, 1.82) is 0 Å². The van der Waals surface area contributed by atoms with E-state index in [0.29, 0.717) is 24.3 Å². The lowest BCUT2D eigenvalue weighted by molar-refractivity contribution is -0.130. The van der Waals surface area contributed by atoms with Gasteiger partial charge in [0.1, 0.15) is 0 Å². The number of carboxylic acids is 1. The lowest BCUT2D eigenvalue weighted by Crippen LogP contribution is -2.49. The number of hydrogen-bond acceptors (Lipinski definition) is 3. The van der Waals surface area contributed by atoms with Crippen molar-refractivity contribution in [2.24, 2.45) is 5.92 Å². The summed E-state index contributed by atoms with van der Waals surface area (Å²) in [4.78, 5) is 25.0. The molecule has 3 rings (SSSR count). The van der Waals surface area contributed by atoms with E-state index in [0.717, 1.165) is 0 Å². The Morgan fingerprint density at radius 2 is 2.29 bits per heavy atom. The van der Waals surface area contributed by atoms with Crippen molar-refractivity contribution in [3.05, 3.63) is 29.3 Å². The molecule has 0 saturated carbocycles. The van der Waals surface area contributed by atoms with Crippen LogP contribution in [0.15, 0.2) is 18.2 Å². The van der Waals surface area contributed by atoms with E-state index in [4.69, 9.17) is 5.11 Å². The highest BCUT2D eigenvalue weighted by molar-refractivity contribution is 6.03. The SMILES string of the molecule is Cc1ccc(N2C[C@@H]3CNCC[C@]3(F)C2=O)cc1C(=O)O. The number of nitrogens with zero attached hydrogens (tertiary/aromatic N) is 1. The molecule has 5 nitrogen and oxygen atoms in total. The summed E-state index contributed by atoms with van der Waals surface area (Å²) in [5, 5.41) is 12.3. The quantitative estimate of drug-likeness (QED) is 0.863. The van der Waals surface area contributed by atoms with Crippen molar-refractivity contribution in [3.63, 3.8) is 0 Å². The Morgan fingerprint density at radius 1 is 1.52 bits per heavy atom. The van der Waals surface area contributed by atoms with Gasteiger partial charge in [0.2, 0.25) is 0 Å². The van der Waals surface area contributed by atoms with Gasteiger partial charge in [-0.25, -0.2) is 9.18 Å². The average molecular weight is 292 g/mol. The molecule has 2 atom stereocenters. The van der Waals surface area contributed by atoms with Crippen LogP contribution in [0.4, 0.5) is 10.1 Å². The first kappa shape index (κ1) is 14.0. The maximum Gasteiger partial charge on any atom is 0.336 e. The van der Waals surface area contributed by atoms with Crippen molar-refractivity contribution in [2.75, 3.05) is 24.5 Å². The third kappa shape index (κ3) is 2.10. The lowest BCUT2D eigenvalue weighted by Gasteiger charge is -2.29. The van der Waals surface area contributed by atoms with Gasteiger partial charge in [0.15, 0.2) is 5.67 Å². The van der Waals surface area contributed by atoms with Gasteiger partial charge in [-0.05, 0) is 31.2 Å². The number of carbonyl (C=O) groups excluding carboxylic acids is 1. The topological polar surface area (TPSA) is 69.6 Å². The Hall–Kier alpha value is -1.95. The number of carboxylic acid groups (broad SMARTS) is 1. The van der Waals surface area contributed by atoms with Crippen molar-refractivity contribution in [3.8, 4) is 0 Å². The van der Waals surface area contributed by atoms with E-state index >= 15 is 0 Å². The van der Waals surface area contributed by atoms with Gasteiger partial charge >= 0.3 is 5.97 Å². The molecule has 1 aromatic carbocycles. The van der Waals surface area contributed by atoms with E-state index < -0.39 is 17.5 Å². The number of hydrogen-bond donors (Lipinski definition) is 2. The number of amides is 1. The van der Waals surface area contributed by atoms with Crippen LogP contribution in [0.2, 0.25) is 0 Å². The number of fused-ring (bicyclic) bond motifs is 1. The molecule has 0 aromatic heterocycles. The lowest BCUT2D eigenvalue weighted by atomic mass is 9.86. The molecule has 0 aliphatic carbocycles. The van der Waals surface area contributed by atoms with Crippen LogP contribution in [0.25, 0.3) is 0 Å². The van der Waals surface area contributed by atoms with Crippen molar-refractivity contribution < 1.29 is 19.1 Å². The number of carbonyl (C=O) groups is 2. The number of benzene rings is 1. The third-order valence-corrected chi connectivity index (χ3v) is 4.47. The van der Waals surface area contributed by atoms with Gasteiger partial charge in [-0.2, -0.15) is 0 Å². The number of rotatable bonds is 2. The summed E-state index contributed by atoms with van der Waals surface area (Å²) in [6.07, 6.45) is 0.171. The molecule has 21 heavy (non-hydrogen) atoms. The minimum atomic E-state index is -1.82. The van der Waals surface area contributed by atoms with Crippen LogP contribution in [-0.4, -0.2) is 42.3 Å². The van der Waals surface area contributed by atoms with E-state index in [1.165, 1.54) is 11.0 Å². The number of aromatic carboxylic acids is 1. The Bertz CT molecular complexity index is 619. The number of piperidine rings is 1. The van der Waals surface area contributed by atoms with E-state index in [-0.39, 0.29) is 24.4 Å². The molecule has 0 spiro atoms. The smallest absolute Gasteiger partial charge is 0.336 e. The fourth-order valence-electron chi connectivity index (χ4n) is 3.16. The second-order valence-electron chi connectivity index (χ2n) is 5.73. The Labute approximate surface area is 121 Å². The monoisotopic (exact) mass is 292 g/mol. The summed E-state index contributed by atoms with van der Waals surface area (Å²) in [6.45, 7) is 2.93. The summed E-state index contributed by atoms with van der Waals surface area (Å²) in [5.74, 6) is -1.97. The predicted molar refractivity (Wildman–Crippen MR) is 75.3 cm³/mol. The molecule has 1 aromatic rings. The highest BCUT2D eigenvalue weighted by Gasteiger charge is 2.56. The van der Waals surface area contributed by atoms with Gasteiger partial charge in [0.05, 0.1) is 5.56 Å². The first-order chi connectivity index (χ1) is 9.93. The van der Waals surface area contributed by atoms with E-state index in [9.17, 15) is 14.0 Å². The zero-order valence-corrected chi connectivity index (χ0v) is 11.7. The van der Waals surface area contributed by atoms with Crippen LogP contribution in [0.1, 0.15) is 22.3 Å². The minimum Gasteiger partial charge on any atom is -0.478 e. The van der Waals surface area contributed by atoms with Crippen molar-refractivity contribution >= 4 is 17.6 Å². The average Bonchev–Trinajstić information content (AvgIpc) is 2.72. The first-order valence-corrected chi connectivity index (χ1v) is 6.99. The summed E-state index contributed by atoms with van der Waals surface area (Å²) in [7, 11) is 0. The molecule has 1 amide bonds. The van der Waals surface area contributed by atoms with E-state index in [2.05, 4.69) is 5.32 Å². The minimum absolute atomic E-state index is 0.140. The molecular weight excluding hydrogens is 275 g/mol. The number of halogens is 1. The summed E-state index contributed by atoms with van der Waals surface area (Å²) in [6, 6.07) is 4.77. The zero-order valence-electron chi connectivity index (χ0n) is 11.7. The second kappa shape index (κ2) is 4.80. The fraction of sp³-hybridized carbons (Fsp3) is 0.467. The summed E-state index contributed by atoms with van der Waals surface area (Å²) < 4.78 is 14.9. The van der Waals surface area contributed by atoms with Gasteiger partial charge in [-0.1, -0.05) is 6.07 Å². The molecule has 2 fully saturated rings. The first-order valence-electron chi connectivity index (χ1n) is 6.99. The fourth-order valence-corrected chi connectivity index (χ4v) is 3.16. The summed E-state index contributed by atoms with van der Waals surface area (Å²) in [5.41, 5.74) is -0.609. The molecule has 2 aliphatic rings. The molecule has 0 bridgehead atoms. The molecule has 2 N–H and O–H groups in total. The zero-order chi connectivity index (χ0) is 15.2. The Kier molecular flexibility index (Phi) is 3.20. The Balaban J connectivity index is 1.96. The second-order valence-corrected chi connectivity index (χ2v) is 5.73. The number of anilines is 1. The van der Waals surface area contributed by atoms with Crippen LogP contribution in [0.5, 0.6) is 0 Å². The van der Waals surface area contributed by atoms with Gasteiger partial charge in [0, 0.05) is 31.1 Å². The van der Waals surface area contributed by atoms with E-state index in [1.54, 1.807) is 19.1 Å². The number of nitrogens with one attached hydrogen (secondary N) is 1. The maximum atomic E-state index is 14.9. The highest BCUT2D eigenvalue weighted by Crippen LogP contribution is 2.39. The molecule has 112 valence electrons. The molecule has 0 radical (unpaired) electrons. The van der Waals surface area contributed by atoms with Crippen LogP contribution in [-0.2, 0) is 4.79 Å². The maximum absolute atomic E-state index is 14.9. The summed E-state index contributed by atoms with van der Waals surface area (Å²) >= 11 is 0. The van der Waals surface area contributed by atoms with Crippen LogP contribution < -0.4 is 10.2 Å². The molecule has 2 aliphatic heterocycles. The number of alkyl halides is 1. The largest absolute Gasteiger partial charge is 0.478 e. The predicted octanol–water partition coefficient (Wildman–Crippen LogP) is 1.36. The standard InChI is InChI=1S/C15H17FN2O3/c1-9-2-3-11(6-12(9)13(19)20)18-8-10-7-17-5-4-15(10,16)14(18)21/h2-3,6,10,17H,4-5,7-8H2,1H3,(H,19,20)/t10-,15+/m0/s1. The molecule has 2 heterocycles. The van der Waals surface area contributed by atoms with Crippen molar-refractivity contribution in [2.45, 2.75) is 19.0 Å². The van der Waals surface area contributed by atoms with Crippen LogP contribution in [0, 0.1) is 12.8 Å². The highest BCUT2D eigenvalue weighted by atomic mass is 19.1. The Morgan fingerprint density at radius 3 is 2.95 bits per heavy atom. The molecule has 0 unspecified atom stereocenters. The van der Waals surface area contributed by atoms with Gasteiger partial charge in [0.25, 0.3) is 5.91 Å². The van der Waals surface area contributed by atoms with Crippen molar-refractivity contribution in [1.82, 2.24) is 5.32 Å². The molecule has 2 saturated heterocycles. The van der Waals surface area contributed by atoms with Gasteiger partial charge < -0.3 is 15.3 Å². The molecular formula is C15H17FN2O3. The normalized spacial score (nSPS) is 28.6. The van der Waals surface area contributed by atoms with Crippen LogP contribution >= 0.6 is 0 Å². The van der Waals surface area contributed by atoms with Gasteiger partial charge in [-0.15, -0.1) is 0 Å². The van der Waals surface area contributed by atoms with Gasteiger partial charge in [-0.3, -0.25) is 4.79 Å². The van der Waals surface area contributed by atoms with E-state index in [1.807, 2.05) is 0 Å². The number of aryl methyl sites for hydroxylation is 1.